The molecule has 1 rings (SSSR count). The molecular formula is C6H14ClNO3. The van der Waals surface area contributed by atoms with Gasteiger partial charge in [-0.25, -0.2) is 0 Å². The molecule has 0 saturated heterocycles. The molecule has 4 nitrogen and oxygen atoms in total. The first-order valence-corrected chi connectivity index (χ1v) is 3.35. The zero-order valence-electron chi connectivity index (χ0n) is 6.21. The Balaban J connectivity index is 0.000001000. The lowest BCUT2D eigenvalue weighted by atomic mass is 10.1. The Kier molecular flexibility index (Phi) is 3.73. The first-order chi connectivity index (χ1) is 4.55. The molecule has 0 aromatic rings. The van der Waals surface area contributed by atoms with E-state index in [-0.39, 0.29) is 18.3 Å². The van der Waals surface area contributed by atoms with E-state index in [1.807, 2.05) is 0 Å². The monoisotopic (exact) mass is 183 g/mol. The van der Waals surface area contributed by atoms with E-state index < -0.39 is 24.4 Å². The number of aliphatic hydroxyl groups excluding tert-OH is 3. The standard InChI is InChI=1S/C6H13NO3.ClH/c1-2-3(7)5(9)6(10)4(2)8;/h2-6,8-10H,7H2,1H3;1H/t2-,3-,4+,5-,6+;/m1./s1. The zero-order chi connectivity index (χ0) is 7.89. The molecule has 5 atom stereocenters. The van der Waals surface area contributed by atoms with Crippen molar-refractivity contribution in [2.75, 3.05) is 0 Å². The van der Waals surface area contributed by atoms with Crippen molar-refractivity contribution in [1.29, 1.82) is 0 Å². The highest BCUT2D eigenvalue weighted by Gasteiger charge is 2.44. The third-order valence-corrected chi connectivity index (χ3v) is 2.24. The second-order valence-electron chi connectivity index (χ2n) is 2.91. The number of aliphatic hydroxyl groups is 3. The van der Waals surface area contributed by atoms with Crippen LogP contribution in [0.15, 0.2) is 0 Å². The Morgan fingerprint density at radius 3 is 1.55 bits per heavy atom. The summed E-state index contributed by atoms with van der Waals surface area (Å²) < 4.78 is 0. The molecule has 0 aromatic heterocycles. The summed E-state index contributed by atoms with van der Waals surface area (Å²) in [6, 6.07) is -0.509. The van der Waals surface area contributed by atoms with Crippen molar-refractivity contribution in [3.05, 3.63) is 0 Å². The molecule has 5 N–H and O–H groups in total. The minimum atomic E-state index is -1.08. The number of nitrogens with two attached hydrogens (primary N) is 1. The van der Waals surface area contributed by atoms with Crippen molar-refractivity contribution in [3.8, 4) is 0 Å². The maximum atomic E-state index is 9.12. The lowest BCUT2D eigenvalue weighted by Crippen LogP contribution is -2.37. The summed E-state index contributed by atoms with van der Waals surface area (Å²) in [4.78, 5) is 0. The highest BCUT2D eigenvalue weighted by Crippen LogP contribution is 2.24. The SMILES string of the molecule is C[C@@H]1[C@@H](N)[C@@H](O)[C@@H](O)[C@H]1O.Cl. The molecule has 0 bridgehead atoms. The fraction of sp³-hybridized carbons (Fsp3) is 1.00. The number of halogens is 1. The van der Waals surface area contributed by atoms with Crippen molar-refractivity contribution >= 4 is 12.4 Å². The molecule has 68 valence electrons. The second kappa shape index (κ2) is 3.69. The van der Waals surface area contributed by atoms with Crippen LogP contribution < -0.4 is 5.73 Å². The van der Waals surface area contributed by atoms with Crippen LogP contribution in [0.2, 0.25) is 0 Å². The van der Waals surface area contributed by atoms with Crippen molar-refractivity contribution in [2.24, 2.45) is 11.7 Å². The summed E-state index contributed by atoms with van der Waals surface area (Å²) in [5.74, 6) is -0.231. The second-order valence-corrected chi connectivity index (χ2v) is 2.91. The molecule has 1 aliphatic carbocycles. The Hall–Kier alpha value is 0.130. The first-order valence-electron chi connectivity index (χ1n) is 3.35. The smallest absolute Gasteiger partial charge is 0.108 e. The van der Waals surface area contributed by atoms with Crippen LogP contribution in [0.1, 0.15) is 6.92 Å². The van der Waals surface area contributed by atoms with E-state index >= 15 is 0 Å². The molecule has 0 aromatic carbocycles. The van der Waals surface area contributed by atoms with Gasteiger partial charge in [0, 0.05) is 12.0 Å². The van der Waals surface area contributed by atoms with Crippen molar-refractivity contribution < 1.29 is 15.3 Å². The maximum absolute atomic E-state index is 9.12. The molecule has 1 fully saturated rings. The van der Waals surface area contributed by atoms with E-state index in [0.29, 0.717) is 0 Å². The molecule has 0 radical (unpaired) electrons. The quantitative estimate of drug-likeness (QED) is 0.367. The fourth-order valence-electron chi connectivity index (χ4n) is 1.28. The predicted molar refractivity (Wildman–Crippen MR) is 42.4 cm³/mol. The van der Waals surface area contributed by atoms with Gasteiger partial charge >= 0.3 is 0 Å². The van der Waals surface area contributed by atoms with Gasteiger partial charge in [0.1, 0.15) is 6.10 Å². The Morgan fingerprint density at radius 2 is 1.45 bits per heavy atom. The largest absolute Gasteiger partial charge is 0.390 e. The summed E-state index contributed by atoms with van der Waals surface area (Å²) in [6.45, 7) is 1.70. The Morgan fingerprint density at radius 1 is 1.00 bits per heavy atom. The van der Waals surface area contributed by atoms with Crippen LogP contribution in [0.5, 0.6) is 0 Å². The average molecular weight is 184 g/mol. The molecule has 0 heterocycles. The summed E-state index contributed by atoms with van der Waals surface area (Å²) in [7, 11) is 0. The van der Waals surface area contributed by atoms with Gasteiger partial charge in [-0.3, -0.25) is 0 Å². The molecule has 1 saturated carbocycles. The lowest BCUT2D eigenvalue weighted by molar-refractivity contribution is -0.0257. The number of hydrogen-bond donors (Lipinski definition) is 4. The molecule has 5 heteroatoms. The predicted octanol–water partition coefficient (Wildman–Crippen LogP) is -1.53. The maximum Gasteiger partial charge on any atom is 0.108 e. The van der Waals surface area contributed by atoms with E-state index in [1.165, 1.54) is 0 Å². The van der Waals surface area contributed by atoms with Gasteiger partial charge in [-0.1, -0.05) is 6.92 Å². The van der Waals surface area contributed by atoms with E-state index in [2.05, 4.69) is 0 Å². The summed E-state index contributed by atoms with van der Waals surface area (Å²) >= 11 is 0. The van der Waals surface area contributed by atoms with E-state index in [1.54, 1.807) is 6.92 Å². The van der Waals surface area contributed by atoms with Crippen LogP contribution in [0.3, 0.4) is 0 Å². The van der Waals surface area contributed by atoms with Crippen LogP contribution in [-0.2, 0) is 0 Å². The topological polar surface area (TPSA) is 86.7 Å². The molecule has 0 spiro atoms. The van der Waals surface area contributed by atoms with Gasteiger partial charge < -0.3 is 21.1 Å². The lowest BCUT2D eigenvalue weighted by Gasteiger charge is -2.12. The molecule has 0 unspecified atom stereocenters. The molecular weight excluding hydrogens is 170 g/mol. The minimum Gasteiger partial charge on any atom is -0.390 e. The van der Waals surface area contributed by atoms with Gasteiger partial charge in [0.05, 0.1) is 12.2 Å². The van der Waals surface area contributed by atoms with Gasteiger partial charge in [-0.2, -0.15) is 0 Å². The van der Waals surface area contributed by atoms with Crippen LogP contribution in [0, 0.1) is 5.92 Å². The van der Waals surface area contributed by atoms with Crippen LogP contribution >= 0.6 is 12.4 Å². The molecule has 11 heavy (non-hydrogen) atoms. The molecule has 0 aliphatic heterocycles. The number of hydrogen-bond acceptors (Lipinski definition) is 4. The average Bonchev–Trinajstić information content (AvgIpc) is 2.07. The van der Waals surface area contributed by atoms with Gasteiger partial charge in [0.25, 0.3) is 0 Å². The van der Waals surface area contributed by atoms with Crippen LogP contribution in [-0.4, -0.2) is 39.7 Å². The van der Waals surface area contributed by atoms with Crippen molar-refractivity contribution in [2.45, 2.75) is 31.3 Å². The van der Waals surface area contributed by atoms with Gasteiger partial charge in [-0.15, -0.1) is 12.4 Å². The Bertz CT molecular complexity index is 90.2. The van der Waals surface area contributed by atoms with Crippen LogP contribution in [0.25, 0.3) is 0 Å². The van der Waals surface area contributed by atoms with Gasteiger partial charge in [-0.05, 0) is 0 Å². The summed E-state index contributed by atoms with van der Waals surface area (Å²) in [5, 5.41) is 27.2. The summed E-state index contributed by atoms with van der Waals surface area (Å²) in [5.41, 5.74) is 5.43. The van der Waals surface area contributed by atoms with E-state index in [9.17, 15) is 0 Å². The normalized spacial score (nSPS) is 50.5. The minimum absolute atomic E-state index is 0. The zero-order valence-corrected chi connectivity index (χ0v) is 7.03. The third-order valence-electron chi connectivity index (χ3n) is 2.24. The fourth-order valence-corrected chi connectivity index (χ4v) is 1.28. The van der Waals surface area contributed by atoms with E-state index in [0.717, 1.165) is 0 Å². The summed E-state index contributed by atoms with van der Waals surface area (Å²) in [6.07, 6.45) is -2.94. The highest BCUT2D eigenvalue weighted by molar-refractivity contribution is 5.85. The highest BCUT2D eigenvalue weighted by atomic mass is 35.5. The van der Waals surface area contributed by atoms with Crippen molar-refractivity contribution in [1.82, 2.24) is 0 Å². The molecule has 1 aliphatic rings. The third kappa shape index (κ3) is 1.65. The van der Waals surface area contributed by atoms with Crippen molar-refractivity contribution in [3.63, 3.8) is 0 Å². The van der Waals surface area contributed by atoms with Crippen LogP contribution in [0.4, 0.5) is 0 Å². The van der Waals surface area contributed by atoms with E-state index in [4.69, 9.17) is 21.1 Å². The van der Waals surface area contributed by atoms with Gasteiger partial charge in [0.15, 0.2) is 0 Å². The Labute approximate surface area is 71.4 Å². The van der Waals surface area contributed by atoms with Gasteiger partial charge in [0.2, 0.25) is 0 Å². The number of rotatable bonds is 0. The molecule has 0 amide bonds. The first kappa shape index (κ1) is 11.1.